The third-order valence-electron chi connectivity index (χ3n) is 4.51. The van der Waals surface area contributed by atoms with Crippen LogP contribution in [-0.4, -0.2) is 77.2 Å². The monoisotopic (exact) mass is 350 g/mol. The molecule has 10 heteroatoms. The summed E-state index contributed by atoms with van der Waals surface area (Å²) in [6.45, 7) is 0.801. The second-order valence-corrected chi connectivity index (χ2v) is 8.32. The van der Waals surface area contributed by atoms with Crippen molar-refractivity contribution in [2.45, 2.75) is 35.7 Å². The highest BCUT2D eigenvalue weighted by molar-refractivity contribution is 7.89. The van der Waals surface area contributed by atoms with E-state index in [1.807, 2.05) is 0 Å². The Morgan fingerprint density at radius 3 is 2.57 bits per heavy atom. The van der Waals surface area contributed by atoms with Gasteiger partial charge in [0.15, 0.2) is 0 Å². The zero-order valence-electron chi connectivity index (χ0n) is 12.6. The van der Waals surface area contributed by atoms with Gasteiger partial charge in [-0.05, 0) is 6.42 Å². The zero-order chi connectivity index (χ0) is 16.7. The van der Waals surface area contributed by atoms with Crippen LogP contribution < -0.4 is 0 Å². The molecule has 2 fully saturated rings. The number of rotatable bonds is 4. The fourth-order valence-electron chi connectivity index (χ4n) is 3.14. The first-order valence-corrected chi connectivity index (χ1v) is 8.96. The molecule has 23 heavy (non-hydrogen) atoms. The number of β-amino-alcohol motifs (C(OH)–C–C–N with tert-alkyl or cyclic N) is 1. The lowest BCUT2D eigenvalue weighted by Crippen LogP contribution is -2.49. The highest BCUT2D eigenvalue weighted by atomic mass is 32.2. The van der Waals surface area contributed by atoms with E-state index >= 15 is 0 Å². The van der Waals surface area contributed by atoms with Crippen LogP contribution in [0.4, 0.5) is 8.78 Å². The molecule has 0 aliphatic carbocycles. The van der Waals surface area contributed by atoms with Gasteiger partial charge in [-0.1, -0.05) is 0 Å². The Morgan fingerprint density at radius 2 is 1.96 bits per heavy atom. The summed E-state index contributed by atoms with van der Waals surface area (Å²) >= 11 is 0. The first-order valence-electron chi connectivity index (χ1n) is 7.52. The van der Waals surface area contributed by atoms with Gasteiger partial charge in [-0.2, -0.15) is 9.40 Å². The highest BCUT2D eigenvalue weighted by Gasteiger charge is 2.44. The summed E-state index contributed by atoms with van der Waals surface area (Å²) in [6.07, 6.45) is 2.36. The number of likely N-dealkylation sites (tertiary alicyclic amines) is 1. The van der Waals surface area contributed by atoms with Crippen molar-refractivity contribution in [2.24, 2.45) is 0 Å². The number of sulfonamides is 1. The van der Waals surface area contributed by atoms with Crippen LogP contribution in [-0.2, 0) is 10.0 Å². The van der Waals surface area contributed by atoms with E-state index in [1.54, 1.807) is 4.90 Å². The zero-order valence-corrected chi connectivity index (χ0v) is 13.4. The molecule has 0 radical (unpaired) electrons. The normalized spacial score (nSPS) is 29.9. The van der Waals surface area contributed by atoms with Gasteiger partial charge in [0.05, 0.1) is 11.8 Å². The number of hydrogen-bond donors (Lipinski definition) is 2. The SMILES string of the molecule is O=S(=O)(c1cn[nH]c1)N1CCC(O)(CN2CCC(F)(F)CC2)C1. The average molecular weight is 350 g/mol. The molecule has 2 saturated heterocycles. The van der Waals surface area contributed by atoms with E-state index in [9.17, 15) is 22.3 Å². The number of aliphatic hydroxyl groups is 1. The molecule has 3 heterocycles. The third kappa shape index (κ3) is 3.54. The molecule has 1 aromatic heterocycles. The van der Waals surface area contributed by atoms with Gasteiger partial charge in [-0.15, -0.1) is 0 Å². The van der Waals surface area contributed by atoms with Crippen molar-refractivity contribution in [3.63, 3.8) is 0 Å². The molecule has 0 bridgehead atoms. The molecule has 3 rings (SSSR count). The summed E-state index contributed by atoms with van der Waals surface area (Å²) in [4.78, 5) is 1.84. The van der Waals surface area contributed by atoms with Crippen LogP contribution in [0, 0.1) is 0 Å². The minimum absolute atomic E-state index is 0.0343. The largest absolute Gasteiger partial charge is 0.387 e. The predicted molar refractivity (Wildman–Crippen MR) is 77.5 cm³/mol. The van der Waals surface area contributed by atoms with Gasteiger partial charge < -0.3 is 5.11 Å². The van der Waals surface area contributed by atoms with Gasteiger partial charge in [0, 0.05) is 51.8 Å². The molecule has 2 N–H and O–H groups in total. The predicted octanol–water partition coefficient (Wildman–Crippen LogP) is 0.266. The number of halogens is 2. The number of nitrogens with zero attached hydrogens (tertiary/aromatic N) is 3. The van der Waals surface area contributed by atoms with Gasteiger partial charge in [-0.3, -0.25) is 10.00 Å². The molecule has 130 valence electrons. The second-order valence-electron chi connectivity index (χ2n) is 6.38. The summed E-state index contributed by atoms with van der Waals surface area (Å²) in [5.41, 5.74) is -1.20. The van der Waals surface area contributed by atoms with E-state index in [1.165, 1.54) is 16.7 Å². The van der Waals surface area contributed by atoms with Crippen LogP contribution in [0.25, 0.3) is 0 Å². The molecular formula is C13H20F2N4O3S. The Bertz CT molecular complexity index is 642. The van der Waals surface area contributed by atoms with Gasteiger partial charge in [0.1, 0.15) is 4.90 Å². The fraction of sp³-hybridized carbons (Fsp3) is 0.769. The quantitative estimate of drug-likeness (QED) is 0.813. The standard InChI is InChI=1S/C13H20F2N4O3S/c14-13(15)2-4-18(5-3-13)9-12(20)1-6-19(10-12)23(21,22)11-7-16-17-8-11/h7-8,20H,1-6,9-10H2,(H,16,17). The van der Waals surface area contributed by atoms with Gasteiger partial charge in [0.25, 0.3) is 5.92 Å². The first-order chi connectivity index (χ1) is 10.7. The Labute approximate surface area is 133 Å². The molecule has 0 spiro atoms. The highest BCUT2D eigenvalue weighted by Crippen LogP contribution is 2.31. The lowest BCUT2D eigenvalue weighted by atomic mass is 10.00. The van der Waals surface area contributed by atoms with E-state index in [4.69, 9.17) is 0 Å². The molecule has 1 unspecified atom stereocenters. The van der Waals surface area contributed by atoms with Crippen molar-refractivity contribution in [1.82, 2.24) is 19.4 Å². The fourth-order valence-corrected chi connectivity index (χ4v) is 4.56. The second kappa shape index (κ2) is 5.76. The van der Waals surface area contributed by atoms with Crippen LogP contribution in [0.3, 0.4) is 0 Å². The minimum Gasteiger partial charge on any atom is -0.387 e. The molecule has 2 aliphatic rings. The van der Waals surface area contributed by atoms with Crippen molar-refractivity contribution in [3.05, 3.63) is 12.4 Å². The number of nitrogens with one attached hydrogen (secondary N) is 1. The van der Waals surface area contributed by atoms with E-state index in [2.05, 4.69) is 10.2 Å². The van der Waals surface area contributed by atoms with Crippen LogP contribution >= 0.6 is 0 Å². The van der Waals surface area contributed by atoms with Crippen LogP contribution in [0.15, 0.2) is 17.3 Å². The molecule has 1 atom stereocenters. The summed E-state index contributed by atoms with van der Waals surface area (Å²) in [5, 5.41) is 16.7. The Balaban J connectivity index is 1.62. The molecule has 0 aromatic carbocycles. The molecule has 1 aromatic rings. The van der Waals surface area contributed by atoms with Gasteiger partial charge >= 0.3 is 0 Å². The van der Waals surface area contributed by atoms with E-state index in [-0.39, 0.29) is 56.9 Å². The average Bonchev–Trinajstić information content (AvgIpc) is 3.12. The first kappa shape index (κ1) is 16.7. The number of H-pyrrole nitrogens is 1. The lowest BCUT2D eigenvalue weighted by molar-refractivity contribution is -0.0716. The van der Waals surface area contributed by atoms with E-state index in [0.29, 0.717) is 0 Å². The maximum absolute atomic E-state index is 13.2. The van der Waals surface area contributed by atoms with E-state index < -0.39 is 21.5 Å². The Hall–Kier alpha value is -1.10. The summed E-state index contributed by atoms with van der Waals surface area (Å²) in [7, 11) is -3.68. The Kier molecular flexibility index (Phi) is 4.20. The molecule has 2 aliphatic heterocycles. The van der Waals surface area contributed by atoms with Crippen LogP contribution in [0.5, 0.6) is 0 Å². The van der Waals surface area contributed by atoms with Crippen LogP contribution in [0.1, 0.15) is 19.3 Å². The molecule has 0 saturated carbocycles. The van der Waals surface area contributed by atoms with Crippen molar-refractivity contribution in [1.29, 1.82) is 0 Å². The van der Waals surface area contributed by atoms with Crippen LogP contribution in [0.2, 0.25) is 0 Å². The summed E-state index contributed by atoms with van der Waals surface area (Å²) in [6, 6.07) is 0. The van der Waals surface area contributed by atoms with Crippen molar-refractivity contribution < 1.29 is 22.3 Å². The number of hydrogen-bond acceptors (Lipinski definition) is 5. The van der Waals surface area contributed by atoms with Crippen molar-refractivity contribution in [3.8, 4) is 0 Å². The Morgan fingerprint density at radius 1 is 1.26 bits per heavy atom. The van der Waals surface area contributed by atoms with Gasteiger partial charge in [-0.25, -0.2) is 17.2 Å². The summed E-state index contributed by atoms with van der Waals surface area (Å²) in [5.74, 6) is -2.63. The number of aromatic amines is 1. The van der Waals surface area contributed by atoms with E-state index in [0.717, 1.165) is 0 Å². The van der Waals surface area contributed by atoms with Gasteiger partial charge in [0.2, 0.25) is 10.0 Å². The molecular weight excluding hydrogens is 330 g/mol. The number of aromatic nitrogens is 2. The molecule has 0 amide bonds. The third-order valence-corrected chi connectivity index (χ3v) is 6.32. The smallest absolute Gasteiger partial charge is 0.250 e. The topological polar surface area (TPSA) is 89.5 Å². The number of alkyl halides is 2. The maximum Gasteiger partial charge on any atom is 0.250 e. The lowest BCUT2D eigenvalue weighted by Gasteiger charge is -2.36. The number of piperidine rings is 1. The molecule has 7 nitrogen and oxygen atoms in total. The van der Waals surface area contributed by atoms with Crippen molar-refractivity contribution in [2.75, 3.05) is 32.7 Å². The minimum atomic E-state index is -3.68. The maximum atomic E-state index is 13.2. The van der Waals surface area contributed by atoms with Crippen molar-refractivity contribution >= 4 is 10.0 Å². The summed E-state index contributed by atoms with van der Waals surface area (Å²) < 4.78 is 52.4.